The van der Waals surface area contributed by atoms with Crippen molar-refractivity contribution in [2.24, 2.45) is 0 Å². The van der Waals surface area contributed by atoms with Crippen LogP contribution in [-0.2, 0) is 0 Å². The fraction of sp³-hybridized carbons (Fsp3) is 0. The van der Waals surface area contributed by atoms with Crippen LogP contribution in [0, 0.1) is 0 Å². The minimum absolute atomic E-state index is 0.577. The first-order chi connectivity index (χ1) is 30.2. The molecule has 0 bridgehead atoms. The van der Waals surface area contributed by atoms with Crippen molar-refractivity contribution < 1.29 is 4.42 Å². The second-order valence-electron chi connectivity index (χ2n) is 15.6. The van der Waals surface area contributed by atoms with Gasteiger partial charge in [0.2, 0.25) is 0 Å². The lowest BCUT2D eigenvalue weighted by atomic mass is 9.92. The quantitative estimate of drug-likeness (QED) is 0.169. The Kier molecular flexibility index (Phi) is 8.13. The minimum atomic E-state index is 0.577. The monoisotopic (exact) mass is 777 g/mol. The summed E-state index contributed by atoms with van der Waals surface area (Å²) < 4.78 is 6.94. The molecule has 4 heteroatoms. The van der Waals surface area contributed by atoms with Crippen LogP contribution in [0.3, 0.4) is 0 Å². The predicted octanol–water partition coefficient (Wildman–Crippen LogP) is 15.2. The number of hydrogen-bond donors (Lipinski definition) is 0. The van der Waals surface area contributed by atoms with E-state index in [4.69, 9.17) is 19.4 Å². The second kappa shape index (κ2) is 14.3. The summed E-state index contributed by atoms with van der Waals surface area (Å²) in [4.78, 5) is 16.0. The molecule has 0 radical (unpaired) electrons. The largest absolute Gasteiger partial charge is 0.455 e. The number of rotatable bonds is 6. The molecule has 0 atom stereocenters. The molecule has 0 unspecified atom stereocenters. The van der Waals surface area contributed by atoms with Gasteiger partial charge in [-0.2, -0.15) is 0 Å². The van der Waals surface area contributed by atoms with E-state index in [0.29, 0.717) is 17.5 Å². The van der Waals surface area contributed by atoms with E-state index in [1.807, 2.05) is 6.07 Å². The van der Waals surface area contributed by atoms with Crippen molar-refractivity contribution in [1.82, 2.24) is 15.0 Å². The number of hydrogen-bond acceptors (Lipinski definition) is 4. The highest BCUT2D eigenvalue weighted by atomic mass is 16.3. The summed E-state index contributed by atoms with van der Waals surface area (Å²) in [5, 5.41) is 8.97. The van der Waals surface area contributed by atoms with Gasteiger partial charge in [-0.1, -0.05) is 182 Å². The van der Waals surface area contributed by atoms with Crippen molar-refractivity contribution in [3.05, 3.63) is 212 Å². The summed E-state index contributed by atoms with van der Waals surface area (Å²) in [6.45, 7) is 0. The predicted molar refractivity (Wildman–Crippen MR) is 252 cm³/mol. The number of para-hydroxylation sites is 1. The van der Waals surface area contributed by atoms with Crippen molar-refractivity contribution in [2.75, 3.05) is 0 Å². The number of furan rings is 1. The molecule has 0 aliphatic heterocycles. The minimum Gasteiger partial charge on any atom is -0.455 e. The molecule has 0 amide bonds. The van der Waals surface area contributed by atoms with Crippen LogP contribution in [0.2, 0.25) is 0 Å². The molecule has 0 fully saturated rings. The SMILES string of the molecule is c1ccc(-c2ccc(-c3nc(-c4ccc5ccccc5c4)nc(-c4c(-c5ccc6ccccc6c5)ccc5oc6c(-c7ccc8ccccc8c7)cccc6c45)n3)cc2)cc1. The topological polar surface area (TPSA) is 51.8 Å². The fourth-order valence-electron chi connectivity index (χ4n) is 8.82. The maximum absolute atomic E-state index is 6.94. The van der Waals surface area contributed by atoms with Gasteiger partial charge in [-0.3, -0.25) is 0 Å². The van der Waals surface area contributed by atoms with Gasteiger partial charge < -0.3 is 4.42 Å². The van der Waals surface area contributed by atoms with Crippen LogP contribution in [-0.4, -0.2) is 15.0 Å². The molecule has 0 aliphatic rings. The zero-order chi connectivity index (χ0) is 40.3. The summed E-state index contributed by atoms with van der Waals surface area (Å²) in [5.41, 5.74) is 10.8. The Morgan fingerprint density at radius 3 is 1.41 bits per heavy atom. The first-order valence-electron chi connectivity index (χ1n) is 20.6. The average molecular weight is 778 g/mol. The van der Waals surface area contributed by atoms with Gasteiger partial charge in [-0.05, 0) is 90.5 Å². The fourth-order valence-corrected chi connectivity index (χ4v) is 8.82. The summed E-state index contributed by atoms with van der Waals surface area (Å²) in [6, 6.07) is 74.7. The maximum Gasteiger partial charge on any atom is 0.165 e. The summed E-state index contributed by atoms with van der Waals surface area (Å²) >= 11 is 0. The Morgan fingerprint density at radius 2 is 0.770 bits per heavy atom. The van der Waals surface area contributed by atoms with Crippen LogP contribution in [0.1, 0.15) is 0 Å². The molecule has 12 rings (SSSR count). The highest BCUT2D eigenvalue weighted by Crippen LogP contribution is 2.45. The molecular weight excluding hydrogens is 743 g/mol. The van der Waals surface area contributed by atoms with Crippen LogP contribution in [0.5, 0.6) is 0 Å². The van der Waals surface area contributed by atoms with Gasteiger partial charge in [0.05, 0.1) is 0 Å². The van der Waals surface area contributed by atoms with E-state index >= 15 is 0 Å². The first-order valence-corrected chi connectivity index (χ1v) is 20.6. The lowest BCUT2D eigenvalue weighted by Gasteiger charge is -2.14. The van der Waals surface area contributed by atoms with E-state index in [1.165, 1.54) is 16.2 Å². The third kappa shape index (κ3) is 6.12. The molecule has 10 aromatic carbocycles. The normalized spacial score (nSPS) is 11.6. The van der Waals surface area contributed by atoms with Gasteiger partial charge in [-0.25, -0.2) is 15.0 Å². The molecule has 2 heterocycles. The van der Waals surface area contributed by atoms with E-state index in [2.05, 4.69) is 206 Å². The van der Waals surface area contributed by atoms with Crippen LogP contribution in [0.25, 0.3) is 122 Å². The smallest absolute Gasteiger partial charge is 0.165 e. The highest BCUT2D eigenvalue weighted by molar-refractivity contribution is 6.18. The van der Waals surface area contributed by atoms with Gasteiger partial charge in [0.25, 0.3) is 0 Å². The molecule has 0 saturated heterocycles. The Labute approximate surface area is 352 Å². The van der Waals surface area contributed by atoms with Crippen LogP contribution >= 0.6 is 0 Å². The zero-order valence-electron chi connectivity index (χ0n) is 33.0. The van der Waals surface area contributed by atoms with Gasteiger partial charge in [0.15, 0.2) is 17.5 Å². The summed E-state index contributed by atoms with van der Waals surface area (Å²) in [6.07, 6.45) is 0. The second-order valence-corrected chi connectivity index (χ2v) is 15.6. The average Bonchev–Trinajstić information content (AvgIpc) is 3.72. The van der Waals surface area contributed by atoms with E-state index < -0.39 is 0 Å². The van der Waals surface area contributed by atoms with Gasteiger partial charge >= 0.3 is 0 Å². The Hall–Kier alpha value is -8.21. The highest BCUT2D eigenvalue weighted by Gasteiger charge is 2.24. The van der Waals surface area contributed by atoms with Gasteiger partial charge in [0.1, 0.15) is 11.2 Å². The van der Waals surface area contributed by atoms with E-state index in [9.17, 15) is 0 Å². The van der Waals surface area contributed by atoms with Crippen LogP contribution < -0.4 is 0 Å². The van der Waals surface area contributed by atoms with Crippen molar-refractivity contribution in [3.8, 4) is 67.5 Å². The number of fused-ring (bicyclic) bond motifs is 6. The van der Waals surface area contributed by atoms with E-state index in [0.717, 1.165) is 88.2 Å². The molecule has 0 saturated carbocycles. The number of aromatic nitrogens is 3. The lowest BCUT2D eigenvalue weighted by Crippen LogP contribution is -2.01. The standard InChI is InChI=1S/C57H35N3O/c1-2-11-36(12-3-1)40-21-26-41(27-22-40)55-58-56(47-30-25-39-15-6-9-18-44(39)35-47)60-57(59-55)53-48(45-28-23-37-13-4-7-16-42(37)33-45)31-32-51-52(53)50-20-10-19-49(54(50)61-51)46-29-24-38-14-5-8-17-43(38)34-46/h1-35H. The molecular formula is C57H35N3O. The third-order valence-corrected chi connectivity index (χ3v) is 11.9. The molecule has 284 valence electrons. The molecule has 0 aliphatic carbocycles. The van der Waals surface area contributed by atoms with Gasteiger partial charge in [0, 0.05) is 33.0 Å². The summed E-state index contributed by atoms with van der Waals surface area (Å²) in [5.74, 6) is 1.77. The summed E-state index contributed by atoms with van der Waals surface area (Å²) in [7, 11) is 0. The molecule has 4 nitrogen and oxygen atoms in total. The molecule has 12 aromatic rings. The van der Waals surface area contributed by atoms with Gasteiger partial charge in [-0.15, -0.1) is 0 Å². The van der Waals surface area contributed by atoms with Crippen molar-refractivity contribution >= 4 is 54.3 Å². The van der Waals surface area contributed by atoms with E-state index in [-0.39, 0.29) is 0 Å². The molecule has 0 N–H and O–H groups in total. The van der Waals surface area contributed by atoms with Crippen LogP contribution in [0.15, 0.2) is 217 Å². The Balaban J connectivity index is 1.14. The number of nitrogens with zero attached hydrogens (tertiary/aromatic N) is 3. The Morgan fingerprint density at radius 1 is 0.295 bits per heavy atom. The third-order valence-electron chi connectivity index (χ3n) is 11.9. The van der Waals surface area contributed by atoms with Crippen LogP contribution in [0.4, 0.5) is 0 Å². The molecule has 0 spiro atoms. The zero-order valence-corrected chi connectivity index (χ0v) is 33.0. The molecule has 61 heavy (non-hydrogen) atoms. The number of benzene rings is 10. The first kappa shape index (κ1) is 34.8. The lowest BCUT2D eigenvalue weighted by molar-refractivity contribution is 0.670. The van der Waals surface area contributed by atoms with Crippen molar-refractivity contribution in [3.63, 3.8) is 0 Å². The van der Waals surface area contributed by atoms with Crippen molar-refractivity contribution in [1.29, 1.82) is 0 Å². The maximum atomic E-state index is 6.94. The van der Waals surface area contributed by atoms with Crippen molar-refractivity contribution in [2.45, 2.75) is 0 Å². The Bertz CT molecular complexity index is 3650. The van der Waals surface area contributed by atoms with E-state index in [1.54, 1.807) is 0 Å². The molecule has 2 aromatic heterocycles.